The summed E-state index contributed by atoms with van der Waals surface area (Å²) < 4.78 is 38.5. The molecule has 0 aromatic carbocycles. The number of alkyl halides is 3. The van der Waals surface area contributed by atoms with Gasteiger partial charge in [-0.1, -0.05) is 19.9 Å². The Hall–Kier alpha value is -1.08. The fraction of sp³-hybridized carbons (Fsp3) is 0.688. The highest BCUT2D eigenvalue weighted by Gasteiger charge is 2.42. The molecule has 2 atom stereocenters. The van der Waals surface area contributed by atoms with Crippen LogP contribution in [0.5, 0.6) is 0 Å². The second-order valence-electron chi connectivity index (χ2n) is 6.42. The quantitative estimate of drug-likeness (QED) is 0.877. The monoisotopic (exact) mass is 348 g/mol. The van der Waals surface area contributed by atoms with Crippen LogP contribution in [0.15, 0.2) is 17.5 Å². The number of nitrogens with one attached hydrogen (secondary N) is 1. The maximum Gasteiger partial charge on any atom is 0.393 e. The number of carbonyl (C=O) groups excluding carboxylic acids is 1. The van der Waals surface area contributed by atoms with Gasteiger partial charge in [0.25, 0.3) is 0 Å². The van der Waals surface area contributed by atoms with Gasteiger partial charge < -0.3 is 5.32 Å². The van der Waals surface area contributed by atoms with Crippen molar-refractivity contribution in [2.75, 3.05) is 19.6 Å². The molecule has 23 heavy (non-hydrogen) atoms. The van der Waals surface area contributed by atoms with Crippen LogP contribution in [0.2, 0.25) is 0 Å². The largest absolute Gasteiger partial charge is 0.393 e. The third-order valence-corrected chi connectivity index (χ3v) is 5.12. The summed E-state index contributed by atoms with van der Waals surface area (Å²) in [6.07, 6.45) is -3.53. The highest BCUT2D eigenvalue weighted by Crippen LogP contribution is 2.33. The van der Waals surface area contributed by atoms with E-state index in [0.717, 1.165) is 4.88 Å². The molecule has 2 rings (SSSR count). The predicted molar refractivity (Wildman–Crippen MR) is 85.3 cm³/mol. The van der Waals surface area contributed by atoms with E-state index in [1.807, 2.05) is 31.4 Å². The van der Waals surface area contributed by atoms with Crippen molar-refractivity contribution in [2.24, 2.45) is 11.8 Å². The highest BCUT2D eigenvalue weighted by atomic mass is 32.1. The van der Waals surface area contributed by atoms with Crippen LogP contribution in [0.25, 0.3) is 0 Å². The lowest BCUT2D eigenvalue weighted by molar-refractivity contribution is -0.187. The minimum absolute atomic E-state index is 0.0289. The van der Waals surface area contributed by atoms with E-state index in [4.69, 9.17) is 0 Å². The fourth-order valence-electron chi connectivity index (χ4n) is 2.92. The molecule has 0 saturated carbocycles. The van der Waals surface area contributed by atoms with E-state index < -0.39 is 12.1 Å². The number of halogens is 3. The molecule has 1 fully saturated rings. The molecule has 1 aromatic heterocycles. The fourth-order valence-corrected chi connectivity index (χ4v) is 3.87. The molecule has 2 unspecified atom stereocenters. The van der Waals surface area contributed by atoms with Crippen LogP contribution in [0, 0.1) is 11.8 Å². The third-order valence-electron chi connectivity index (χ3n) is 4.17. The maximum absolute atomic E-state index is 12.8. The molecular weight excluding hydrogens is 325 g/mol. The van der Waals surface area contributed by atoms with Crippen molar-refractivity contribution in [3.05, 3.63) is 22.4 Å². The van der Waals surface area contributed by atoms with Crippen molar-refractivity contribution in [3.63, 3.8) is 0 Å². The van der Waals surface area contributed by atoms with Gasteiger partial charge in [-0.25, -0.2) is 0 Å². The van der Waals surface area contributed by atoms with E-state index in [9.17, 15) is 18.0 Å². The number of nitrogens with zero attached hydrogens (tertiary/aromatic N) is 1. The van der Waals surface area contributed by atoms with E-state index in [2.05, 4.69) is 5.32 Å². The van der Waals surface area contributed by atoms with Crippen molar-refractivity contribution in [1.29, 1.82) is 0 Å². The molecule has 1 aliphatic heterocycles. The van der Waals surface area contributed by atoms with Crippen molar-refractivity contribution in [1.82, 2.24) is 10.2 Å². The van der Waals surface area contributed by atoms with Crippen molar-refractivity contribution < 1.29 is 18.0 Å². The zero-order chi connectivity index (χ0) is 17.0. The van der Waals surface area contributed by atoms with E-state index in [1.54, 1.807) is 16.2 Å². The van der Waals surface area contributed by atoms with Gasteiger partial charge in [0.15, 0.2) is 0 Å². The Morgan fingerprint density at radius 2 is 2.22 bits per heavy atom. The minimum atomic E-state index is -4.17. The Morgan fingerprint density at radius 1 is 1.48 bits per heavy atom. The van der Waals surface area contributed by atoms with Gasteiger partial charge in [-0.2, -0.15) is 13.2 Å². The van der Waals surface area contributed by atoms with Crippen molar-refractivity contribution >= 4 is 17.2 Å². The van der Waals surface area contributed by atoms with Gasteiger partial charge in [0, 0.05) is 11.4 Å². The van der Waals surface area contributed by atoms with Crippen molar-refractivity contribution in [2.45, 2.75) is 38.9 Å². The number of amides is 1. The molecule has 1 N–H and O–H groups in total. The Balaban J connectivity index is 1.91. The third kappa shape index (κ3) is 5.21. The summed E-state index contributed by atoms with van der Waals surface area (Å²) in [6.45, 7) is 4.53. The number of hydrogen-bond donors (Lipinski definition) is 1. The first kappa shape index (κ1) is 18.3. The molecule has 2 heterocycles. The lowest BCUT2D eigenvalue weighted by Crippen LogP contribution is -2.46. The van der Waals surface area contributed by atoms with Gasteiger partial charge >= 0.3 is 6.18 Å². The molecule has 0 spiro atoms. The smallest absolute Gasteiger partial charge is 0.347 e. The molecule has 1 aliphatic rings. The summed E-state index contributed by atoms with van der Waals surface area (Å²) in [7, 11) is 0. The SMILES string of the molecule is CC(C)C(NC(=O)CN1CCCC(C(F)(F)F)C1)c1cccs1. The second-order valence-corrected chi connectivity index (χ2v) is 7.40. The van der Waals surface area contributed by atoms with E-state index in [1.165, 1.54) is 0 Å². The molecular formula is C16H23F3N2OS. The first-order valence-corrected chi connectivity index (χ1v) is 8.77. The number of thiophene rings is 1. The Labute approximate surface area is 138 Å². The van der Waals surface area contributed by atoms with Crippen molar-refractivity contribution in [3.8, 4) is 0 Å². The summed E-state index contributed by atoms with van der Waals surface area (Å²) in [6, 6.07) is 3.81. The Morgan fingerprint density at radius 3 is 2.78 bits per heavy atom. The maximum atomic E-state index is 12.8. The molecule has 0 bridgehead atoms. The zero-order valence-electron chi connectivity index (χ0n) is 13.4. The van der Waals surface area contributed by atoms with Crippen LogP contribution >= 0.6 is 11.3 Å². The van der Waals surface area contributed by atoms with Crippen LogP contribution < -0.4 is 5.32 Å². The summed E-state index contributed by atoms with van der Waals surface area (Å²) in [5, 5.41) is 4.92. The van der Waals surface area contributed by atoms with Gasteiger partial charge in [0.1, 0.15) is 0 Å². The van der Waals surface area contributed by atoms with Crippen LogP contribution in [0.1, 0.15) is 37.6 Å². The normalized spacial score (nSPS) is 21.4. The number of hydrogen-bond acceptors (Lipinski definition) is 3. The minimum Gasteiger partial charge on any atom is -0.347 e. The average Bonchev–Trinajstić information content (AvgIpc) is 2.97. The lowest BCUT2D eigenvalue weighted by atomic mass is 9.97. The van der Waals surface area contributed by atoms with Gasteiger partial charge in [-0.3, -0.25) is 9.69 Å². The summed E-state index contributed by atoms with van der Waals surface area (Å²) in [4.78, 5) is 14.9. The van der Waals surface area contributed by atoms with Gasteiger partial charge in [0.05, 0.1) is 18.5 Å². The summed E-state index contributed by atoms with van der Waals surface area (Å²) >= 11 is 1.57. The number of likely N-dealkylation sites (tertiary alicyclic amines) is 1. The molecule has 130 valence electrons. The highest BCUT2D eigenvalue weighted by molar-refractivity contribution is 7.10. The van der Waals surface area contributed by atoms with Crippen LogP contribution in [-0.4, -0.2) is 36.6 Å². The van der Waals surface area contributed by atoms with Crippen LogP contribution in [0.4, 0.5) is 13.2 Å². The average molecular weight is 348 g/mol. The Kier molecular flexibility index (Phi) is 6.08. The first-order chi connectivity index (χ1) is 10.8. The van der Waals surface area contributed by atoms with E-state index in [0.29, 0.717) is 13.0 Å². The first-order valence-electron chi connectivity index (χ1n) is 7.89. The number of carbonyl (C=O) groups is 1. The standard InChI is InChI=1S/C16H23F3N2OS/c1-11(2)15(13-6-4-8-23-13)20-14(22)10-21-7-3-5-12(9-21)16(17,18)19/h4,6,8,11-12,15H,3,5,7,9-10H2,1-2H3,(H,20,22). The number of rotatable bonds is 5. The van der Waals surface area contributed by atoms with Gasteiger partial charge in [-0.05, 0) is 36.8 Å². The van der Waals surface area contributed by atoms with Crippen LogP contribution in [-0.2, 0) is 4.79 Å². The van der Waals surface area contributed by atoms with Gasteiger partial charge in [-0.15, -0.1) is 11.3 Å². The summed E-state index contributed by atoms with van der Waals surface area (Å²) in [5.41, 5.74) is 0. The molecule has 1 aromatic rings. The molecule has 0 aliphatic carbocycles. The van der Waals surface area contributed by atoms with Crippen LogP contribution in [0.3, 0.4) is 0 Å². The topological polar surface area (TPSA) is 32.3 Å². The second kappa shape index (κ2) is 7.66. The lowest BCUT2D eigenvalue weighted by Gasteiger charge is -2.33. The van der Waals surface area contributed by atoms with E-state index >= 15 is 0 Å². The summed E-state index contributed by atoms with van der Waals surface area (Å²) in [5.74, 6) is -1.30. The molecule has 1 saturated heterocycles. The zero-order valence-corrected chi connectivity index (χ0v) is 14.2. The molecule has 7 heteroatoms. The molecule has 0 radical (unpaired) electrons. The van der Waals surface area contributed by atoms with Gasteiger partial charge in [0.2, 0.25) is 5.91 Å². The molecule has 1 amide bonds. The number of piperidine rings is 1. The predicted octanol–water partition coefficient (Wildman–Crippen LogP) is 3.84. The van der Waals surface area contributed by atoms with E-state index in [-0.39, 0.29) is 37.4 Å². The molecule has 3 nitrogen and oxygen atoms in total. The Bertz CT molecular complexity index is 502.